The number of carbonyl (C=O) groups is 2. The van der Waals surface area contributed by atoms with Crippen molar-refractivity contribution in [3.8, 4) is 0 Å². The van der Waals surface area contributed by atoms with Crippen LogP contribution in [0.1, 0.15) is 20.3 Å². The molecule has 0 fully saturated rings. The summed E-state index contributed by atoms with van der Waals surface area (Å²) in [7, 11) is 0. The van der Waals surface area contributed by atoms with Crippen LogP contribution in [-0.4, -0.2) is 83.0 Å². The fourth-order valence-corrected chi connectivity index (χ4v) is 1.11. The number of aliphatic hydroxyl groups is 4. The van der Waals surface area contributed by atoms with Crippen LogP contribution in [0.4, 0.5) is 0 Å². The third kappa shape index (κ3) is 12.5. The first kappa shape index (κ1) is 23.0. The Balaban J connectivity index is 0. The van der Waals surface area contributed by atoms with Crippen molar-refractivity contribution < 1.29 is 35.1 Å². The van der Waals surface area contributed by atoms with Gasteiger partial charge in [0, 0.05) is 25.0 Å². The Hall–Kier alpha value is -1.26. The van der Waals surface area contributed by atoms with Crippen molar-refractivity contribution in [2.75, 3.05) is 39.5 Å². The van der Waals surface area contributed by atoms with Crippen molar-refractivity contribution >= 4 is 11.9 Å². The zero-order valence-electron chi connectivity index (χ0n) is 13.1. The predicted octanol–water partition coefficient (Wildman–Crippen LogP) is -2.48. The number of hydrogen-bond acceptors (Lipinski definition) is 7. The summed E-state index contributed by atoms with van der Waals surface area (Å²) in [5, 5.41) is 48.1. The van der Waals surface area contributed by atoms with E-state index in [2.05, 4.69) is 10.6 Å². The molecule has 9 heteroatoms. The van der Waals surface area contributed by atoms with E-state index in [-0.39, 0.29) is 32.8 Å². The van der Waals surface area contributed by atoms with Gasteiger partial charge < -0.3 is 36.2 Å². The van der Waals surface area contributed by atoms with Crippen LogP contribution in [0.2, 0.25) is 0 Å². The maximum atomic E-state index is 11.3. The van der Waals surface area contributed by atoms with Gasteiger partial charge in [-0.25, -0.2) is 0 Å². The van der Waals surface area contributed by atoms with Crippen LogP contribution in [-0.2, 0) is 9.59 Å². The van der Waals surface area contributed by atoms with Gasteiger partial charge in [0.05, 0.1) is 26.2 Å². The molecule has 0 heterocycles. The number of amides is 1. The first-order chi connectivity index (χ1) is 10.2. The molecule has 1 unspecified atom stereocenters. The molecule has 1 amide bonds. The maximum Gasteiger partial charge on any atom is 0.305 e. The van der Waals surface area contributed by atoms with Gasteiger partial charge in [-0.3, -0.25) is 9.59 Å². The van der Waals surface area contributed by atoms with Gasteiger partial charge in [0.1, 0.15) is 6.10 Å². The first-order valence-electron chi connectivity index (χ1n) is 6.93. The molecular formula is C13H28N2O7. The molecule has 0 aromatic heterocycles. The zero-order valence-corrected chi connectivity index (χ0v) is 13.1. The van der Waals surface area contributed by atoms with Crippen LogP contribution >= 0.6 is 0 Å². The summed E-state index contributed by atoms with van der Waals surface area (Å²) in [6.45, 7) is 4.12. The van der Waals surface area contributed by atoms with Gasteiger partial charge in [0.2, 0.25) is 5.91 Å². The summed E-state index contributed by atoms with van der Waals surface area (Å²) in [5.74, 6) is -1.69. The van der Waals surface area contributed by atoms with Gasteiger partial charge >= 0.3 is 5.97 Å². The van der Waals surface area contributed by atoms with Crippen LogP contribution in [0.25, 0.3) is 0 Å². The van der Waals surface area contributed by atoms with Crippen LogP contribution in [0.5, 0.6) is 0 Å². The Bertz CT molecular complexity index is 307. The highest BCUT2D eigenvalue weighted by Gasteiger charge is 2.32. The third-order valence-electron chi connectivity index (χ3n) is 2.61. The molecular weight excluding hydrogens is 296 g/mol. The largest absolute Gasteiger partial charge is 0.481 e. The molecule has 9 nitrogen and oxygen atoms in total. The summed E-state index contributed by atoms with van der Waals surface area (Å²) >= 11 is 0. The number of aliphatic hydroxyl groups excluding tert-OH is 4. The van der Waals surface area contributed by atoms with Crippen LogP contribution in [0, 0.1) is 5.41 Å². The Morgan fingerprint density at radius 2 is 1.55 bits per heavy atom. The molecule has 0 rings (SSSR count). The molecule has 0 aromatic carbocycles. The summed E-state index contributed by atoms with van der Waals surface area (Å²) in [5.41, 5.74) is -0.937. The average molecular weight is 324 g/mol. The lowest BCUT2D eigenvalue weighted by molar-refractivity contribution is -0.138. The van der Waals surface area contributed by atoms with E-state index in [0.29, 0.717) is 13.1 Å². The van der Waals surface area contributed by atoms with E-state index >= 15 is 0 Å². The van der Waals surface area contributed by atoms with E-state index in [1.807, 2.05) is 0 Å². The van der Waals surface area contributed by atoms with Crippen molar-refractivity contribution in [2.24, 2.45) is 5.41 Å². The number of rotatable bonds is 10. The van der Waals surface area contributed by atoms with Gasteiger partial charge in [0.15, 0.2) is 0 Å². The summed E-state index contributed by atoms with van der Waals surface area (Å²) in [6.07, 6.45) is -1.55. The maximum absolute atomic E-state index is 11.3. The van der Waals surface area contributed by atoms with E-state index in [0.717, 1.165) is 0 Å². The van der Waals surface area contributed by atoms with E-state index in [1.165, 1.54) is 13.8 Å². The van der Waals surface area contributed by atoms with E-state index < -0.39 is 23.4 Å². The highest BCUT2D eigenvalue weighted by Crippen LogP contribution is 2.19. The molecule has 22 heavy (non-hydrogen) atoms. The van der Waals surface area contributed by atoms with Crippen molar-refractivity contribution in [1.29, 1.82) is 0 Å². The van der Waals surface area contributed by atoms with E-state index in [4.69, 9.17) is 20.4 Å². The lowest BCUT2D eigenvalue weighted by Gasteiger charge is -2.26. The van der Waals surface area contributed by atoms with Gasteiger partial charge in [-0.15, -0.1) is 0 Å². The number of carbonyl (C=O) groups excluding carboxylic acids is 1. The summed E-state index contributed by atoms with van der Waals surface area (Å²) < 4.78 is 0. The van der Waals surface area contributed by atoms with Gasteiger partial charge in [-0.05, 0) is 0 Å². The molecule has 0 aliphatic rings. The number of carboxylic acid groups (broad SMARTS) is 1. The van der Waals surface area contributed by atoms with Crippen LogP contribution in [0.3, 0.4) is 0 Å². The zero-order chi connectivity index (χ0) is 17.6. The molecule has 1 atom stereocenters. The molecule has 0 saturated carbocycles. The average Bonchev–Trinajstić information content (AvgIpc) is 2.47. The van der Waals surface area contributed by atoms with Gasteiger partial charge in [-0.1, -0.05) is 13.8 Å². The quantitative estimate of drug-likeness (QED) is 0.217. The molecule has 0 aliphatic carbocycles. The van der Waals surface area contributed by atoms with Crippen molar-refractivity contribution in [3.63, 3.8) is 0 Å². The monoisotopic (exact) mass is 324 g/mol. The fourth-order valence-electron chi connectivity index (χ4n) is 1.11. The minimum atomic E-state index is -1.35. The fraction of sp³-hybridized carbons (Fsp3) is 0.846. The SMILES string of the molecule is CC(C)(CO)C(O)C(=O)NCCC(=O)O.OCCNCCO. The second kappa shape index (κ2) is 13.4. The highest BCUT2D eigenvalue weighted by molar-refractivity contribution is 5.81. The van der Waals surface area contributed by atoms with E-state index in [1.54, 1.807) is 0 Å². The minimum Gasteiger partial charge on any atom is -0.481 e. The molecule has 0 aromatic rings. The second-order valence-electron chi connectivity index (χ2n) is 5.18. The Morgan fingerprint density at radius 1 is 1.05 bits per heavy atom. The Morgan fingerprint density at radius 3 is 1.91 bits per heavy atom. The predicted molar refractivity (Wildman–Crippen MR) is 79.2 cm³/mol. The number of aliphatic carboxylic acids is 1. The third-order valence-corrected chi connectivity index (χ3v) is 2.61. The minimum absolute atomic E-state index is 0.0350. The molecule has 0 radical (unpaired) electrons. The number of nitrogens with one attached hydrogen (secondary N) is 2. The molecule has 132 valence electrons. The lowest BCUT2D eigenvalue weighted by Crippen LogP contribution is -2.45. The van der Waals surface area contributed by atoms with Crippen LogP contribution < -0.4 is 10.6 Å². The van der Waals surface area contributed by atoms with Crippen molar-refractivity contribution in [1.82, 2.24) is 10.6 Å². The smallest absolute Gasteiger partial charge is 0.305 e. The summed E-state index contributed by atoms with van der Waals surface area (Å²) in [6, 6.07) is 0. The normalized spacial score (nSPS) is 12.1. The standard InChI is InChI=1S/C9H17NO5.C4H11NO2/c1-9(2,5-11)7(14)8(15)10-4-3-6(12)13;6-3-1-5-2-4-7/h7,11,14H,3-5H2,1-2H3,(H,10,15)(H,12,13);5-7H,1-4H2. The topological polar surface area (TPSA) is 159 Å². The first-order valence-corrected chi connectivity index (χ1v) is 6.93. The number of carboxylic acids is 1. The Kier molecular flexibility index (Phi) is 14.0. The van der Waals surface area contributed by atoms with Crippen molar-refractivity contribution in [3.05, 3.63) is 0 Å². The van der Waals surface area contributed by atoms with Gasteiger partial charge in [-0.2, -0.15) is 0 Å². The molecule has 0 aliphatic heterocycles. The van der Waals surface area contributed by atoms with Crippen molar-refractivity contribution in [2.45, 2.75) is 26.4 Å². The van der Waals surface area contributed by atoms with Gasteiger partial charge in [0.25, 0.3) is 0 Å². The number of hydrogen-bond donors (Lipinski definition) is 7. The van der Waals surface area contributed by atoms with E-state index in [9.17, 15) is 14.7 Å². The van der Waals surface area contributed by atoms with Crippen LogP contribution in [0.15, 0.2) is 0 Å². The molecule has 0 spiro atoms. The Labute approximate surface area is 130 Å². The molecule has 7 N–H and O–H groups in total. The summed E-state index contributed by atoms with van der Waals surface area (Å²) in [4.78, 5) is 21.4. The molecule has 0 saturated heterocycles. The second-order valence-corrected chi connectivity index (χ2v) is 5.18. The lowest BCUT2D eigenvalue weighted by atomic mass is 9.87. The highest BCUT2D eigenvalue weighted by atomic mass is 16.4. The molecule has 0 bridgehead atoms.